The summed E-state index contributed by atoms with van der Waals surface area (Å²) in [7, 11) is 3.38. The lowest BCUT2D eigenvalue weighted by atomic mass is 9.96. The van der Waals surface area contributed by atoms with E-state index in [2.05, 4.69) is 24.0 Å². The van der Waals surface area contributed by atoms with Gasteiger partial charge in [0.15, 0.2) is 11.5 Å². The monoisotopic (exact) mass is 292 g/mol. The summed E-state index contributed by atoms with van der Waals surface area (Å²) in [4.78, 5) is 2.52. The van der Waals surface area contributed by atoms with Gasteiger partial charge in [0.05, 0.1) is 14.2 Å². The van der Waals surface area contributed by atoms with E-state index < -0.39 is 0 Å². The van der Waals surface area contributed by atoms with Gasteiger partial charge >= 0.3 is 0 Å². The average molecular weight is 292 g/mol. The fourth-order valence-electron chi connectivity index (χ4n) is 3.15. The lowest BCUT2D eigenvalue weighted by Crippen LogP contribution is -2.36. The molecule has 1 aliphatic heterocycles. The number of benzene rings is 1. The van der Waals surface area contributed by atoms with Crippen molar-refractivity contribution in [3.63, 3.8) is 0 Å². The van der Waals surface area contributed by atoms with Crippen molar-refractivity contribution in [2.24, 2.45) is 11.7 Å². The van der Waals surface area contributed by atoms with Gasteiger partial charge in [0.25, 0.3) is 0 Å². The van der Waals surface area contributed by atoms with Gasteiger partial charge in [0.1, 0.15) is 0 Å². The molecule has 1 aromatic carbocycles. The fourth-order valence-corrected chi connectivity index (χ4v) is 3.15. The van der Waals surface area contributed by atoms with Crippen molar-refractivity contribution in [3.05, 3.63) is 23.3 Å². The maximum absolute atomic E-state index is 5.89. The number of nitrogens with zero attached hydrogens (tertiary/aromatic N) is 1. The van der Waals surface area contributed by atoms with Gasteiger partial charge in [-0.3, -0.25) is 4.90 Å². The third kappa shape index (κ3) is 3.89. The molecule has 0 amide bonds. The summed E-state index contributed by atoms with van der Waals surface area (Å²) in [6.07, 6.45) is 3.49. The van der Waals surface area contributed by atoms with Crippen LogP contribution in [0.3, 0.4) is 0 Å². The Labute approximate surface area is 128 Å². The number of hydrogen-bond acceptors (Lipinski definition) is 4. The highest BCUT2D eigenvalue weighted by atomic mass is 16.5. The first-order valence-electron chi connectivity index (χ1n) is 7.88. The van der Waals surface area contributed by atoms with Crippen LogP contribution in [-0.4, -0.2) is 38.8 Å². The first-order chi connectivity index (χ1) is 10.2. The number of methoxy groups -OCH3 is 2. The van der Waals surface area contributed by atoms with E-state index in [9.17, 15) is 0 Å². The van der Waals surface area contributed by atoms with Crippen LogP contribution in [0.2, 0.25) is 0 Å². The molecule has 0 saturated carbocycles. The molecule has 2 N–H and O–H groups in total. The van der Waals surface area contributed by atoms with E-state index >= 15 is 0 Å². The first kappa shape index (κ1) is 16.1. The Kier molecular flexibility index (Phi) is 5.88. The van der Waals surface area contributed by atoms with Crippen LogP contribution in [0.1, 0.15) is 30.9 Å². The Morgan fingerprint density at radius 2 is 1.86 bits per heavy atom. The fraction of sp³-hybridized carbons (Fsp3) is 0.647. The van der Waals surface area contributed by atoms with E-state index in [-0.39, 0.29) is 0 Å². The third-order valence-corrected chi connectivity index (χ3v) is 4.34. The minimum Gasteiger partial charge on any atom is -0.493 e. The van der Waals surface area contributed by atoms with Gasteiger partial charge in [-0.2, -0.15) is 0 Å². The average Bonchev–Trinajstić information content (AvgIpc) is 2.52. The van der Waals surface area contributed by atoms with Gasteiger partial charge in [0.2, 0.25) is 0 Å². The van der Waals surface area contributed by atoms with Crippen molar-refractivity contribution in [2.75, 3.05) is 33.9 Å². The summed E-state index contributed by atoms with van der Waals surface area (Å²) in [6.45, 7) is 6.19. The Hall–Kier alpha value is -1.26. The maximum atomic E-state index is 5.89. The Balaban J connectivity index is 2.09. The van der Waals surface area contributed by atoms with Crippen molar-refractivity contribution in [1.82, 2.24) is 4.90 Å². The zero-order valence-electron chi connectivity index (χ0n) is 13.5. The molecular weight excluding hydrogens is 264 g/mol. The molecule has 0 spiro atoms. The molecule has 2 rings (SSSR count). The summed E-state index contributed by atoms with van der Waals surface area (Å²) in [5.41, 5.74) is 8.62. The maximum Gasteiger partial charge on any atom is 0.161 e. The predicted molar refractivity (Wildman–Crippen MR) is 86.0 cm³/mol. The number of fused-ring (bicyclic) bond motifs is 1. The molecule has 0 bridgehead atoms. The van der Waals surface area contributed by atoms with Crippen molar-refractivity contribution >= 4 is 0 Å². The molecule has 0 aromatic heterocycles. The zero-order valence-corrected chi connectivity index (χ0v) is 13.5. The second-order valence-electron chi connectivity index (χ2n) is 5.85. The minimum absolute atomic E-state index is 0.608. The van der Waals surface area contributed by atoms with Gasteiger partial charge in [-0.15, -0.1) is 0 Å². The SMILES string of the molecule is CCCC(CN)CN1CCc2cc(OC)c(OC)cc2C1. The van der Waals surface area contributed by atoms with Gasteiger partial charge in [0, 0.05) is 19.6 Å². The van der Waals surface area contributed by atoms with Gasteiger partial charge in [-0.1, -0.05) is 13.3 Å². The third-order valence-electron chi connectivity index (χ3n) is 4.34. The highest BCUT2D eigenvalue weighted by molar-refractivity contribution is 5.48. The van der Waals surface area contributed by atoms with E-state index in [1.165, 1.54) is 24.0 Å². The molecule has 4 nitrogen and oxygen atoms in total. The standard InChI is InChI=1S/C17H28N2O2/c1-4-5-13(10-18)11-19-7-6-14-8-16(20-2)17(21-3)9-15(14)12-19/h8-9,13H,4-7,10-12,18H2,1-3H3. The molecule has 1 heterocycles. The largest absolute Gasteiger partial charge is 0.493 e. The predicted octanol–water partition coefficient (Wildman–Crippen LogP) is 2.44. The number of nitrogens with two attached hydrogens (primary N) is 1. The molecule has 0 radical (unpaired) electrons. The van der Waals surface area contributed by atoms with Crippen LogP contribution in [0.4, 0.5) is 0 Å². The molecule has 4 heteroatoms. The van der Waals surface area contributed by atoms with Crippen molar-refractivity contribution < 1.29 is 9.47 Å². The minimum atomic E-state index is 0.608. The second-order valence-corrected chi connectivity index (χ2v) is 5.85. The molecule has 0 saturated heterocycles. The lowest BCUT2D eigenvalue weighted by molar-refractivity contribution is 0.209. The van der Waals surface area contributed by atoms with E-state index in [1.54, 1.807) is 14.2 Å². The lowest BCUT2D eigenvalue weighted by Gasteiger charge is -2.32. The Morgan fingerprint density at radius 3 is 2.43 bits per heavy atom. The van der Waals surface area contributed by atoms with Gasteiger partial charge in [-0.05, 0) is 48.6 Å². The van der Waals surface area contributed by atoms with Crippen LogP contribution in [0, 0.1) is 5.92 Å². The normalized spacial score (nSPS) is 16.4. The topological polar surface area (TPSA) is 47.7 Å². The molecule has 0 aliphatic carbocycles. The summed E-state index contributed by atoms with van der Waals surface area (Å²) in [6, 6.07) is 4.25. The highest BCUT2D eigenvalue weighted by Gasteiger charge is 2.21. The molecule has 1 atom stereocenters. The van der Waals surface area contributed by atoms with Crippen LogP contribution >= 0.6 is 0 Å². The quantitative estimate of drug-likeness (QED) is 0.838. The number of hydrogen-bond donors (Lipinski definition) is 1. The highest BCUT2D eigenvalue weighted by Crippen LogP contribution is 2.33. The zero-order chi connectivity index (χ0) is 15.2. The molecular formula is C17H28N2O2. The molecule has 1 unspecified atom stereocenters. The van der Waals surface area contributed by atoms with Crippen molar-refractivity contribution in [3.8, 4) is 11.5 Å². The summed E-state index contributed by atoms with van der Waals surface area (Å²) in [5, 5.41) is 0. The van der Waals surface area contributed by atoms with Crippen LogP contribution in [0.15, 0.2) is 12.1 Å². The van der Waals surface area contributed by atoms with Crippen LogP contribution < -0.4 is 15.2 Å². The van der Waals surface area contributed by atoms with Crippen LogP contribution in [0.5, 0.6) is 11.5 Å². The molecule has 118 valence electrons. The van der Waals surface area contributed by atoms with Crippen LogP contribution in [-0.2, 0) is 13.0 Å². The summed E-state index contributed by atoms with van der Waals surface area (Å²) >= 11 is 0. The molecule has 1 aromatic rings. The van der Waals surface area contributed by atoms with E-state index in [0.29, 0.717) is 5.92 Å². The van der Waals surface area contributed by atoms with E-state index in [4.69, 9.17) is 15.2 Å². The van der Waals surface area contributed by atoms with E-state index in [0.717, 1.165) is 44.1 Å². The van der Waals surface area contributed by atoms with Crippen molar-refractivity contribution in [1.29, 1.82) is 0 Å². The second kappa shape index (κ2) is 7.66. The Morgan fingerprint density at radius 1 is 1.19 bits per heavy atom. The Bertz CT molecular complexity index is 462. The smallest absolute Gasteiger partial charge is 0.161 e. The van der Waals surface area contributed by atoms with Crippen molar-refractivity contribution in [2.45, 2.75) is 32.7 Å². The summed E-state index contributed by atoms with van der Waals surface area (Å²) < 4.78 is 10.8. The molecule has 1 aliphatic rings. The number of ether oxygens (including phenoxy) is 2. The van der Waals surface area contributed by atoms with Crippen LogP contribution in [0.25, 0.3) is 0 Å². The molecule has 0 fully saturated rings. The summed E-state index contributed by atoms with van der Waals surface area (Å²) in [5.74, 6) is 2.26. The van der Waals surface area contributed by atoms with E-state index in [1.807, 2.05) is 0 Å². The van der Waals surface area contributed by atoms with Gasteiger partial charge in [-0.25, -0.2) is 0 Å². The van der Waals surface area contributed by atoms with Gasteiger partial charge < -0.3 is 15.2 Å². The molecule has 21 heavy (non-hydrogen) atoms. The first-order valence-corrected chi connectivity index (χ1v) is 7.88. The number of rotatable bonds is 7.